The van der Waals surface area contributed by atoms with Crippen LogP contribution in [0.1, 0.15) is 51.4 Å². The van der Waals surface area contributed by atoms with Crippen LogP contribution in [0.25, 0.3) is 28.1 Å². The molecular formula is C35H34N6O. The van der Waals surface area contributed by atoms with Crippen LogP contribution in [0.4, 0.5) is 0 Å². The number of nitrogens with zero attached hydrogens (tertiary/aromatic N) is 4. The topological polar surface area (TPSA) is 92.4 Å². The molecule has 210 valence electrons. The Bertz CT molecular complexity index is 1920. The van der Waals surface area contributed by atoms with Crippen molar-refractivity contribution in [3.05, 3.63) is 129 Å². The number of ether oxygens (including phenoxy) is 1. The van der Waals surface area contributed by atoms with Gasteiger partial charge in [0.15, 0.2) is 0 Å². The summed E-state index contributed by atoms with van der Waals surface area (Å²) in [5, 5.41) is 24.1. The van der Waals surface area contributed by atoms with Crippen LogP contribution in [0.2, 0.25) is 0 Å². The van der Waals surface area contributed by atoms with Crippen LogP contribution < -0.4 is 4.74 Å². The minimum absolute atomic E-state index is 0.754. The summed E-state index contributed by atoms with van der Waals surface area (Å²) >= 11 is 0. The number of hydrogen-bond acceptors (Lipinski definition) is 5. The molecule has 0 atom stereocenters. The summed E-state index contributed by atoms with van der Waals surface area (Å²) in [6.07, 6.45) is 2.18. The van der Waals surface area contributed by atoms with Gasteiger partial charge in [-0.25, -0.2) is 0 Å². The van der Waals surface area contributed by atoms with Gasteiger partial charge >= 0.3 is 0 Å². The molecule has 0 bridgehead atoms. The van der Waals surface area contributed by atoms with E-state index in [1.807, 2.05) is 42.5 Å². The normalized spacial score (nSPS) is 12.3. The van der Waals surface area contributed by atoms with E-state index in [0.29, 0.717) is 0 Å². The molecule has 0 spiro atoms. The van der Waals surface area contributed by atoms with Crippen molar-refractivity contribution in [2.24, 2.45) is 0 Å². The van der Waals surface area contributed by atoms with E-state index >= 15 is 0 Å². The molecule has 0 aliphatic carbocycles. The van der Waals surface area contributed by atoms with Crippen molar-refractivity contribution in [2.45, 2.75) is 40.0 Å². The zero-order valence-electron chi connectivity index (χ0n) is 24.8. The summed E-state index contributed by atoms with van der Waals surface area (Å²) in [5.74, 6) is 0.810. The van der Waals surface area contributed by atoms with E-state index in [9.17, 15) is 0 Å². The molecule has 7 heteroatoms. The van der Waals surface area contributed by atoms with E-state index in [0.717, 1.165) is 72.3 Å². The molecule has 2 heterocycles. The summed E-state index contributed by atoms with van der Waals surface area (Å²) in [5.41, 5.74) is 12.5. The lowest BCUT2D eigenvalue weighted by molar-refractivity contribution is 0.400. The fourth-order valence-corrected chi connectivity index (χ4v) is 6.40. The van der Waals surface area contributed by atoms with Crippen molar-refractivity contribution in [1.82, 2.24) is 30.8 Å². The first-order chi connectivity index (χ1) is 20.3. The van der Waals surface area contributed by atoms with E-state index in [-0.39, 0.29) is 0 Å². The molecule has 2 aromatic heterocycles. The molecule has 0 aliphatic heterocycles. The molecule has 42 heavy (non-hydrogen) atoms. The Morgan fingerprint density at radius 1 is 0.714 bits per heavy atom. The zero-order chi connectivity index (χ0) is 29.6. The molecular weight excluding hydrogens is 520 g/mol. The predicted molar refractivity (Wildman–Crippen MR) is 169 cm³/mol. The number of aromatic amines is 2. The van der Waals surface area contributed by atoms with Gasteiger partial charge in [0.05, 0.1) is 12.5 Å². The summed E-state index contributed by atoms with van der Waals surface area (Å²) in [7, 11) is 1.74. The predicted octanol–water partition coefficient (Wildman–Crippen LogP) is 7.47. The van der Waals surface area contributed by atoms with Crippen LogP contribution in [0.15, 0.2) is 84.5 Å². The van der Waals surface area contributed by atoms with Crippen molar-refractivity contribution in [2.75, 3.05) is 7.11 Å². The van der Waals surface area contributed by atoms with Crippen molar-refractivity contribution in [3.8, 4) is 5.75 Å². The van der Waals surface area contributed by atoms with Gasteiger partial charge in [0.25, 0.3) is 0 Å². The first kappa shape index (κ1) is 27.1. The Balaban J connectivity index is 1.87. The number of benzene rings is 4. The quantitative estimate of drug-likeness (QED) is 0.158. The van der Waals surface area contributed by atoms with Crippen LogP contribution >= 0.6 is 0 Å². The number of allylic oxidation sites excluding steroid dienone is 2. The maximum atomic E-state index is 6.33. The Labute approximate surface area is 245 Å². The summed E-state index contributed by atoms with van der Waals surface area (Å²) in [4.78, 5) is 0. The molecule has 4 aromatic carbocycles. The molecule has 0 amide bonds. The van der Waals surface area contributed by atoms with Crippen molar-refractivity contribution >= 4 is 28.1 Å². The average Bonchev–Trinajstić information content (AvgIpc) is 3.70. The Morgan fingerprint density at radius 3 is 1.81 bits per heavy atom. The second kappa shape index (κ2) is 10.4. The lowest BCUT2D eigenvalue weighted by atomic mass is 9.60. The monoisotopic (exact) mass is 554 g/mol. The maximum Gasteiger partial charge on any atom is 0.127 e. The smallest absolute Gasteiger partial charge is 0.127 e. The molecule has 0 saturated heterocycles. The summed E-state index contributed by atoms with van der Waals surface area (Å²) in [6, 6.07) is 22.5. The second-order valence-electron chi connectivity index (χ2n) is 10.9. The van der Waals surface area contributed by atoms with E-state index in [1.54, 1.807) is 7.11 Å². The Morgan fingerprint density at radius 2 is 1.26 bits per heavy atom. The van der Waals surface area contributed by atoms with Gasteiger partial charge < -0.3 is 4.74 Å². The Kier molecular flexibility index (Phi) is 6.73. The number of methoxy groups -OCH3 is 1. The van der Waals surface area contributed by atoms with Crippen molar-refractivity contribution in [1.29, 1.82) is 0 Å². The minimum Gasteiger partial charge on any atom is -0.496 e. The van der Waals surface area contributed by atoms with Gasteiger partial charge in [0.1, 0.15) is 27.8 Å². The number of H-pyrrole nitrogens is 2. The first-order valence-electron chi connectivity index (χ1n) is 14.0. The van der Waals surface area contributed by atoms with Crippen LogP contribution in [0, 0.1) is 27.7 Å². The largest absolute Gasteiger partial charge is 0.496 e. The first-order valence-corrected chi connectivity index (χ1v) is 14.0. The molecule has 0 saturated carbocycles. The molecule has 0 unspecified atom stereocenters. The molecule has 6 aromatic rings. The lowest BCUT2D eigenvalue weighted by Gasteiger charge is -2.41. The highest BCUT2D eigenvalue weighted by Crippen LogP contribution is 2.55. The highest BCUT2D eigenvalue weighted by Gasteiger charge is 2.47. The number of rotatable bonds is 7. The standard InChI is InChI=1S/C35H34N6O/c1-20(19-26-13-9-8-10-14-26)25(6)35(27-15-11-17-29-32(27)38-40-36-29,28-16-12-18-30-33(28)39-41-37-30)31-23(4)21(2)22(3)24(5)34(31)42-7/h8-19H,6H2,1-5,7H3,(H,36,38,40)(H,37,39,41). The molecule has 0 aliphatic rings. The van der Waals surface area contributed by atoms with Crippen molar-refractivity contribution < 1.29 is 4.74 Å². The maximum absolute atomic E-state index is 6.33. The number of para-hydroxylation sites is 2. The fourth-order valence-electron chi connectivity index (χ4n) is 6.40. The van der Waals surface area contributed by atoms with E-state index in [4.69, 9.17) is 21.5 Å². The minimum atomic E-state index is -0.985. The second-order valence-corrected chi connectivity index (χ2v) is 10.9. The number of aromatic nitrogens is 6. The third kappa shape index (κ3) is 3.96. The van der Waals surface area contributed by atoms with Crippen LogP contribution in [-0.4, -0.2) is 37.9 Å². The van der Waals surface area contributed by atoms with Gasteiger partial charge in [0.2, 0.25) is 0 Å². The summed E-state index contributed by atoms with van der Waals surface area (Å²) in [6.45, 7) is 15.6. The van der Waals surface area contributed by atoms with E-state index in [1.165, 1.54) is 11.1 Å². The van der Waals surface area contributed by atoms with Gasteiger partial charge in [-0.05, 0) is 85.7 Å². The van der Waals surface area contributed by atoms with Gasteiger partial charge in [0, 0.05) is 16.7 Å². The number of hydrogen-bond donors (Lipinski definition) is 2. The summed E-state index contributed by atoms with van der Waals surface area (Å²) < 4.78 is 6.33. The molecule has 2 N–H and O–H groups in total. The van der Waals surface area contributed by atoms with Crippen LogP contribution in [0.5, 0.6) is 5.75 Å². The number of fused-ring (bicyclic) bond motifs is 2. The zero-order valence-corrected chi connectivity index (χ0v) is 24.8. The lowest BCUT2D eigenvalue weighted by Crippen LogP contribution is -2.35. The van der Waals surface area contributed by atoms with E-state index in [2.05, 4.69) is 85.6 Å². The van der Waals surface area contributed by atoms with Crippen molar-refractivity contribution in [3.63, 3.8) is 0 Å². The highest BCUT2D eigenvalue weighted by atomic mass is 16.5. The van der Waals surface area contributed by atoms with Crippen LogP contribution in [-0.2, 0) is 5.41 Å². The van der Waals surface area contributed by atoms with Gasteiger partial charge in [-0.3, -0.25) is 0 Å². The molecule has 0 fully saturated rings. The highest BCUT2D eigenvalue weighted by molar-refractivity contribution is 5.90. The van der Waals surface area contributed by atoms with Gasteiger partial charge in [-0.15, -0.1) is 0 Å². The fraction of sp³-hybridized carbons (Fsp3) is 0.200. The third-order valence-electron chi connectivity index (χ3n) is 8.82. The van der Waals surface area contributed by atoms with Gasteiger partial charge in [-0.2, -0.15) is 30.8 Å². The Hall–Kier alpha value is -5.04. The number of nitrogens with one attached hydrogen (secondary N) is 2. The van der Waals surface area contributed by atoms with Gasteiger partial charge in [-0.1, -0.05) is 67.3 Å². The molecule has 7 nitrogen and oxygen atoms in total. The molecule has 0 radical (unpaired) electrons. The SMILES string of the molecule is C=C(C(C)=Cc1ccccc1)C(c1c(C)c(C)c(C)c(C)c1OC)(c1cccc2n[nH]nc12)c1cccc2n[nH]nc12. The third-order valence-corrected chi connectivity index (χ3v) is 8.82. The average molecular weight is 555 g/mol. The van der Waals surface area contributed by atoms with E-state index < -0.39 is 5.41 Å². The van der Waals surface area contributed by atoms with Crippen LogP contribution in [0.3, 0.4) is 0 Å². The molecule has 6 rings (SSSR count).